The van der Waals surface area contributed by atoms with Crippen LogP contribution in [0.25, 0.3) is 0 Å². The molecule has 0 aliphatic heterocycles. The van der Waals surface area contributed by atoms with E-state index in [0.29, 0.717) is 30.6 Å². The van der Waals surface area contributed by atoms with Gasteiger partial charge in [0.2, 0.25) is 11.8 Å². The number of nitrogens with two attached hydrogens (primary N) is 1. The second-order valence-electron chi connectivity index (χ2n) is 7.23. The topological polar surface area (TPSA) is 147 Å². The molecule has 0 unspecified atom stereocenters. The van der Waals surface area contributed by atoms with Crippen LogP contribution in [0.15, 0.2) is 42.5 Å². The van der Waals surface area contributed by atoms with Gasteiger partial charge in [0.1, 0.15) is 0 Å². The summed E-state index contributed by atoms with van der Waals surface area (Å²) in [7, 11) is 0. The molecule has 2 aromatic rings. The molecule has 0 aromatic heterocycles. The number of benzene rings is 2. The smallest absolute Gasteiger partial charge is 0.251 e. The molecular weight excluding hydrogens is 412 g/mol. The Kier molecular flexibility index (Phi) is 7.45. The van der Waals surface area contributed by atoms with Gasteiger partial charge in [-0.05, 0) is 24.6 Å². The third-order valence-electron chi connectivity index (χ3n) is 5.01. The van der Waals surface area contributed by atoms with Gasteiger partial charge in [0, 0.05) is 53.9 Å². The Bertz CT molecular complexity index is 1080. The van der Waals surface area contributed by atoms with E-state index in [1.54, 1.807) is 24.3 Å². The minimum absolute atomic E-state index is 0.122. The van der Waals surface area contributed by atoms with Gasteiger partial charge in [-0.2, -0.15) is 0 Å². The van der Waals surface area contributed by atoms with Crippen LogP contribution in [0.4, 0.5) is 0 Å². The number of nitrogens with one attached hydrogen (secondary N) is 3. The second-order valence-corrected chi connectivity index (χ2v) is 7.23. The highest BCUT2D eigenvalue weighted by Gasteiger charge is 2.29. The average molecular weight is 436 g/mol. The Hall–Kier alpha value is -3.85. The van der Waals surface area contributed by atoms with Gasteiger partial charge in [0.05, 0.1) is 6.54 Å². The quantitative estimate of drug-likeness (QED) is 0.351. The van der Waals surface area contributed by atoms with E-state index in [1.807, 2.05) is 0 Å². The van der Waals surface area contributed by atoms with Crippen molar-refractivity contribution in [3.63, 3.8) is 0 Å². The summed E-state index contributed by atoms with van der Waals surface area (Å²) in [4.78, 5) is 60.5. The summed E-state index contributed by atoms with van der Waals surface area (Å²) in [6, 6.07) is 11.1. The fourth-order valence-electron chi connectivity index (χ4n) is 3.34. The normalized spacial score (nSPS) is 11.9. The molecule has 0 saturated heterocycles. The first-order valence-corrected chi connectivity index (χ1v) is 10.3. The Balaban J connectivity index is 1.48. The van der Waals surface area contributed by atoms with Gasteiger partial charge in [0.25, 0.3) is 5.91 Å². The van der Waals surface area contributed by atoms with E-state index in [0.717, 1.165) is 0 Å². The molecule has 0 radical (unpaired) electrons. The van der Waals surface area contributed by atoms with Crippen LogP contribution in [0.3, 0.4) is 0 Å². The van der Waals surface area contributed by atoms with E-state index in [9.17, 15) is 24.0 Å². The van der Waals surface area contributed by atoms with Gasteiger partial charge in [0.15, 0.2) is 11.6 Å². The van der Waals surface area contributed by atoms with Crippen LogP contribution < -0.4 is 21.7 Å². The maximum Gasteiger partial charge on any atom is 0.251 e. The highest BCUT2D eigenvalue weighted by atomic mass is 16.2. The second kappa shape index (κ2) is 10.5. The van der Waals surface area contributed by atoms with Crippen molar-refractivity contribution in [1.82, 2.24) is 16.0 Å². The zero-order chi connectivity index (χ0) is 23.1. The van der Waals surface area contributed by atoms with Crippen molar-refractivity contribution in [2.45, 2.75) is 12.8 Å². The van der Waals surface area contributed by atoms with Gasteiger partial charge in [-0.15, -0.1) is 0 Å². The lowest BCUT2D eigenvalue weighted by molar-refractivity contribution is -0.121. The molecule has 0 atom stereocenters. The number of carbonyl (C=O) groups excluding carboxylic acids is 5. The van der Waals surface area contributed by atoms with E-state index in [4.69, 9.17) is 5.73 Å². The molecule has 2 aromatic carbocycles. The number of carbonyl (C=O) groups is 5. The summed E-state index contributed by atoms with van der Waals surface area (Å²) in [5.74, 6) is -1.43. The zero-order valence-corrected chi connectivity index (χ0v) is 17.4. The predicted molar refractivity (Wildman–Crippen MR) is 116 cm³/mol. The number of rotatable bonds is 9. The van der Waals surface area contributed by atoms with Crippen LogP contribution in [0, 0.1) is 0 Å². The van der Waals surface area contributed by atoms with Crippen molar-refractivity contribution in [2.75, 3.05) is 26.2 Å². The standard InChI is InChI=1S/C23H24N4O5/c24-13-20(29)26-11-8-19(28)25-9-3-10-27-23(32)14-6-7-17-18(12-14)22(31)16-5-2-1-4-15(16)21(17)30/h1-2,4-7,12H,3,8-11,13,24H2,(H,25,28)(H,26,29)(H,27,32). The lowest BCUT2D eigenvalue weighted by Gasteiger charge is -2.18. The fourth-order valence-corrected chi connectivity index (χ4v) is 3.34. The van der Waals surface area contributed by atoms with E-state index < -0.39 is 0 Å². The highest BCUT2D eigenvalue weighted by Crippen LogP contribution is 2.27. The Morgan fingerprint density at radius 1 is 0.719 bits per heavy atom. The Morgan fingerprint density at radius 2 is 1.31 bits per heavy atom. The van der Waals surface area contributed by atoms with Gasteiger partial charge >= 0.3 is 0 Å². The summed E-state index contributed by atoms with van der Waals surface area (Å²) in [6.45, 7) is 0.764. The summed E-state index contributed by atoms with van der Waals surface area (Å²) >= 11 is 0. The van der Waals surface area contributed by atoms with Crippen molar-refractivity contribution in [3.05, 3.63) is 70.3 Å². The SMILES string of the molecule is NCC(=O)NCCC(=O)NCCCNC(=O)c1ccc2c(c1)C(=O)c1ccccc1C2=O. The van der Waals surface area contributed by atoms with Crippen molar-refractivity contribution < 1.29 is 24.0 Å². The van der Waals surface area contributed by atoms with Gasteiger partial charge < -0.3 is 21.7 Å². The van der Waals surface area contributed by atoms with Crippen LogP contribution in [-0.4, -0.2) is 55.5 Å². The molecule has 0 spiro atoms. The molecule has 166 valence electrons. The van der Waals surface area contributed by atoms with Gasteiger partial charge in [-0.25, -0.2) is 0 Å². The number of hydrogen-bond acceptors (Lipinski definition) is 6. The lowest BCUT2D eigenvalue weighted by atomic mass is 9.83. The molecule has 0 fully saturated rings. The third-order valence-corrected chi connectivity index (χ3v) is 5.01. The number of ketones is 2. The maximum absolute atomic E-state index is 12.8. The zero-order valence-electron chi connectivity index (χ0n) is 17.4. The molecule has 9 heteroatoms. The van der Waals surface area contributed by atoms with E-state index >= 15 is 0 Å². The lowest BCUT2D eigenvalue weighted by Crippen LogP contribution is -2.35. The summed E-state index contributed by atoms with van der Waals surface area (Å²) in [5, 5.41) is 7.93. The van der Waals surface area contributed by atoms with Crippen LogP contribution in [0.2, 0.25) is 0 Å². The maximum atomic E-state index is 12.8. The van der Waals surface area contributed by atoms with Gasteiger partial charge in [-0.1, -0.05) is 24.3 Å². The van der Waals surface area contributed by atoms with Crippen molar-refractivity contribution in [2.24, 2.45) is 5.73 Å². The minimum atomic E-state index is -0.372. The largest absolute Gasteiger partial charge is 0.356 e. The van der Waals surface area contributed by atoms with Crippen molar-refractivity contribution >= 4 is 29.3 Å². The predicted octanol–water partition coefficient (Wildman–Crippen LogP) is 0.163. The molecule has 5 N–H and O–H groups in total. The van der Waals surface area contributed by atoms with Crippen molar-refractivity contribution in [1.29, 1.82) is 0 Å². The monoisotopic (exact) mass is 436 g/mol. The summed E-state index contributed by atoms with van der Waals surface area (Å²) in [6.07, 6.45) is 0.644. The molecular formula is C23H24N4O5. The minimum Gasteiger partial charge on any atom is -0.356 e. The Labute approximate surface area is 184 Å². The molecule has 3 rings (SSSR count). The van der Waals surface area contributed by atoms with E-state index in [-0.39, 0.29) is 65.5 Å². The molecule has 0 heterocycles. The first kappa shape index (κ1) is 22.8. The average Bonchev–Trinajstić information content (AvgIpc) is 2.81. The number of fused-ring (bicyclic) bond motifs is 2. The molecule has 1 aliphatic rings. The molecule has 0 saturated carbocycles. The highest BCUT2D eigenvalue weighted by molar-refractivity contribution is 6.28. The van der Waals surface area contributed by atoms with Crippen LogP contribution in [0.1, 0.15) is 55.0 Å². The van der Waals surface area contributed by atoms with E-state index in [2.05, 4.69) is 16.0 Å². The van der Waals surface area contributed by atoms with E-state index in [1.165, 1.54) is 18.2 Å². The summed E-state index contributed by atoms with van der Waals surface area (Å²) in [5.41, 5.74) is 6.64. The molecule has 9 nitrogen and oxygen atoms in total. The van der Waals surface area contributed by atoms with Crippen LogP contribution in [-0.2, 0) is 9.59 Å². The first-order chi connectivity index (χ1) is 15.4. The van der Waals surface area contributed by atoms with Crippen LogP contribution >= 0.6 is 0 Å². The molecule has 32 heavy (non-hydrogen) atoms. The fraction of sp³-hybridized carbons (Fsp3) is 0.261. The van der Waals surface area contributed by atoms with Crippen molar-refractivity contribution in [3.8, 4) is 0 Å². The molecule has 0 bridgehead atoms. The first-order valence-electron chi connectivity index (χ1n) is 10.3. The van der Waals surface area contributed by atoms with Gasteiger partial charge in [-0.3, -0.25) is 24.0 Å². The summed E-state index contributed by atoms with van der Waals surface area (Å²) < 4.78 is 0. The number of hydrogen-bond donors (Lipinski definition) is 4. The molecule has 1 aliphatic carbocycles. The third kappa shape index (κ3) is 5.25. The van der Waals surface area contributed by atoms with Crippen LogP contribution in [0.5, 0.6) is 0 Å². The Morgan fingerprint density at radius 3 is 2.00 bits per heavy atom. The molecule has 3 amide bonds. The number of amides is 3.